The molecule has 0 aliphatic heterocycles. The first kappa shape index (κ1) is 20.1. The molecule has 0 saturated heterocycles. The van der Waals surface area contributed by atoms with E-state index >= 15 is 0 Å². The second kappa shape index (κ2) is 10.9. The molecule has 0 amide bonds. The summed E-state index contributed by atoms with van der Waals surface area (Å²) in [4.78, 5) is 0. The smallest absolute Gasteiger partial charge is 0.0622 e. The summed E-state index contributed by atoms with van der Waals surface area (Å²) in [6.45, 7) is 0. The molecular formula is C46H30. The topological polar surface area (TPSA) is 0 Å². The number of fused-ring (bicyclic) bond motifs is 4. The Hall–Kier alpha value is -5.98. The highest BCUT2D eigenvalue weighted by Gasteiger charge is 2.18. The molecule has 0 radical (unpaired) electrons. The number of benzene rings is 9. The van der Waals surface area contributed by atoms with Crippen molar-refractivity contribution < 1.29 is 9.60 Å². The first-order valence-corrected chi connectivity index (χ1v) is 15.4. The third-order valence-corrected chi connectivity index (χ3v) is 8.87. The van der Waals surface area contributed by atoms with Gasteiger partial charge in [-0.25, -0.2) is 0 Å². The minimum absolute atomic E-state index is 0.0250. The van der Waals surface area contributed by atoms with Gasteiger partial charge in [0.05, 0.1) is 9.60 Å². The van der Waals surface area contributed by atoms with E-state index in [4.69, 9.17) is 2.74 Å². The van der Waals surface area contributed by atoms with E-state index in [9.17, 15) is 6.85 Å². The van der Waals surface area contributed by atoms with Crippen LogP contribution in [0.5, 0.6) is 0 Å². The minimum Gasteiger partial charge on any atom is -0.0622 e. The highest BCUT2D eigenvalue weighted by molar-refractivity contribution is 6.22. The maximum atomic E-state index is 10.0. The van der Waals surface area contributed by atoms with Crippen LogP contribution in [0.2, 0.25) is 0 Å². The molecule has 0 atom stereocenters. The molecular weight excluding hydrogens is 553 g/mol. The van der Waals surface area contributed by atoms with Crippen LogP contribution in [0.1, 0.15) is 9.60 Å². The van der Waals surface area contributed by atoms with Crippen LogP contribution in [-0.4, -0.2) is 0 Å². The minimum atomic E-state index is -0.386. The van der Waals surface area contributed by atoms with Crippen LogP contribution in [0.3, 0.4) is 0 Å². The van der Waals surface area contributed by atoms with Crippen molar-refractivity contribution in [1.29, 1.82) is 0 Å². The molecule has 9 aromatic carbocycles. The predicted octanol–water partition coefficient (Wildman–Crippen LogP) is 13.0. The maximum Gasteiger partial charge on any atom is 0.0636 e. The highest BCUT2D eigenvalue weighted by atomic mass is 14.2. The van der Waals surface area contributed by atoms with Gasteiger partial charge in [-0.3, -0.25) is 0 Å². The lowest BCUT2D eigenvalue weighted by Crippen LogP contribution is -1.92. The maximum absolute atomic E-state index is 10.0. The zero-order valence-electron chi connectivity index (χ0n) is 31.8. The Labute approximate surface area is 278 Å². The van der Waals surface area contributed by atoms with Crippen molar-refractivity contribution in [2.75, 3.05) is 0 Å². The molecule has 46 heavy (non-hydrogen) atoms. The van der Waals surface area contributed by atoms with E-state index in [1.165, 1.54) is 0 Å². The fraction of sp³-hybridized carbons (Fsp3) is 0. The Morgan fingerprint density at radius 2 is 0.826 bits per heavy atom. The Morgan fingerprint density at radius 3 is 1.52 bits per heavy atom. The molecule has 0 aromatic heterocycles. The van der Waals surface area contributed by atoms with Crippen molar-refractivity contribution >= 4 is 43.1 Å². The molecule has 0 fully saturated rings. The molecule has 9 aromatic rings. The third kappa shape index (κ3) is 4.30. The van der Waals surface area contributed by atoms with Gasteiger partial charge in [-0.05, 0) is 99.7 Å². The molecule has 0 bridgehead atoms. The van der Waals surface area contributed by atoms with Crippen LogP contribution in [0.4, 0.5) is 0 Å². The fourth-order valence-electron chi connectivity index (χ4n) is 6.80. The van der Waals surface area contributed by atoms with Crippen molar-refractivity contribution in [3.8, 4) is 44.5 Å². The molecule has 0 heteroatoms. The first-order chi connectivity index (χ1) is 25.8. The summed E-state index contributed by atoms with van der Waals surface area (Å²) in [5, 5.41) is 5.13. The zero-order chi connectivity index (χ0) is 36.5. The van der Waals surface area contributed by atoms with Crippen molar-refractivity contribution in [2.24, 2.45) is 0 Å². The lowest BCUT2D eigenvalue weighted by Gasteiger charge is -2.19. The van der Waals surface area contributed by atoms with Gasteiger partial charge in [-0.2, -0.15) is 0 Å². The van der Waals surface area contributed by atoms with Gasteiger partial charge in [0.25, 0.3) is 0 Å². The lowest BCUT2D eigenvalue weighted by atomic mass is 9.84. The number of hydrogen-bond donors (Lipinski definition) is 0. The summed E-state index contributed by atoms with van der Waals surface area (Å²) in [6.07, 6.45) is 0. The summed E-state index contributed by atoms with van der Waals surface area (Å²) < 4.78 is 65.7. The molecule has 0 aliphatic carbocycles. The Bertz CT molecular complexity index is 2960. The van der Waals surface area contributed by atoms with Crippen molar-refractivity contribution in [3.05, 3.63) is 182 Å². The van der Waals surface area contributed by atoms with Gasteiger partial charge in [-0.15, -0.1) is 0 Å². The van der Waals surface area contributed by atoms with E-state index in [0.717, 1.165) is 32.7 Å². The fourth-order valence-corrected chi connectivity index (χ4v) is 6.80. The van der Waals surface area contributed by atoms with Crippen molar-refractivity contribution in [2.45, 2.75) is 0 Å². The summed E-state index contributed by atoms with van der Waals surface area (Å²) in [5.41, 5.74) is 4.96. The average Bonchev–Trinajstić information content (AvgIpc) is 3.20. The third-order valence-electron chi connectivity index (χ3n) is 8.87. The monoisotopic (exact) mass is 589 g/mol. The summed E-state index contributed by atoms with van der Waals surface area (Å²) in [7, 11) is 0. The number of hydrogen-bond acceptors (Lipinski definition) is 0. The van der Waals surface area contributed by atoms with Gasteiger partial charge >= 0.3 is 0 Å². The van der Waals surface area contributed by atoms with E-state index in [1.807, 2.05) is 115 Å². The molecule has 0 unspecified atom stereocenters. The Morgan fingerprint density at radius 1 is 0.326 bits per heavy atom. The quantitative estimate of drug-likeness (QED) is 0.179. The van der Waals surface area contributed by atoms with Crippen LogP contribution < -0.4 is 0 Å². The van der Waals surface area contributed by atoms with Crippen molar-refractivity contribution in [1.82, 2.24) is 0 Å². The number of rotatable bonds is 4. The second-order valence-corrected chi connectivity index (χ2v) is 11.5. The zero-order valence-corrected chi connectivity index (χ0v) is 24.8. The van der Waals surface area contributed by atoms with Crippen LogP contribution in [0.15, 0.2) is 182 Å². The van der Waals surface area contributed by atoms with Gasteiger partial charge in [-0.1, -0.05) is 170 Å². The first-order valence-electron chi connectivity index (χ1n) is 18.9. The normalized spacial score (nSPS) is 13.6. The van der Waals surface area contributed by atoms with Gasteiger partial charge < -0.3 is 0 Å². The van der Waals surface area contributed by atoms with Crippen molar-refractivity contribution in [3.63, 3.8) is 0 Å². The average molecular weight is 590 g/mol. The van der Waals surface area contributed by atoms with Crippen LogP contribution in [0, 0.1) is 0 Å². The standard InChI is InChI=1S/C46H30/c1-2-15-33(16-3-1)45-41-23-8-9-24-42(41)46(36-20-10-19-34(29-36)39-25-11-17-31-13-4-6-21-37(31)39)43-28-27-35(30-44(43)45)40-26-12-18-32-14-5-7-22-38(32)40/h1-30H/i8D,9D,23D,24D,27D,28D,30D. The lowest BCUT2D eigenvalue weighted by molar-refractivity contribution is 1.62. The second-order valence-electron chi connectivity index (χ2n) is 11.5. The summed E-state index contributed by atoms with van der Waals surface area (Å²) in [6, 6.07) is 43.5. The predicted molar refractivity (Wildman–Crippen MR) is 198 cm³/mol. The molecule has 0 saturated carbocycles. The van der Waals surface area contributed by atoms with Crippen LogP contribution in [0.25, 0.3) is 87.6 Å². The van der Waals surface area contributed by atoms with E-state index in [-0.39, 0.29) is 53.1 Å². The molecule has 0 aliphatic rings. The largest absolute Gasteiger partial charge is 0.0636 e. The van der Waals surface area contributed by atoms with E-state index in [0.29, 0.717) is 44.2 Å². The van der Waals surface area contributed by atoms with Gasteiger partial charge in [0.1, 0.15) is 0 Å². The summed E-state index contributed by atoms with van der Waals surface area (Å²) >= 11 is 0. The van der Waals surface area contributed by atoms with Gasteiger partial charge in [0, 0.05) is 0 Å². The van der Waals surface area contributed by atoms with Gasteiger partial charge in [0.2, 0.25) is 0 Å². The van der Waals surface area contributed by atoms with E-state index < -0.39 is 0 Å². The molecule has 0 spiro atoms. The van der Waals surface area contributed by atoms with E-state index in [1.54, 1.807) is 0 Å². The molecule has 214 valence electrons. The molecule has 0 heterocycles. The Kier molecular flexibility index (Phi) is 4.76. The highest BCUT2D eigenvalue weighted by Crippen LogP contribution is 2.46. The van der Waals surface area contributed by atoms with Crippen LogP contribution >= 0.6 is 0 Å². The van der Waals surface area contributed by atoms with Gasteiger partial charge in [0.15, 0.2) is 0 Å². The molecule has 9 rings (SSSR count). The molecule has 0 nitrogen and oxygen atoms in total. The summed E-state index contributed by atoms with van der Waals surface area (Å²) in [5.74, 6) is 0. The SMILES string of the molecule is [2H]c1c([2H])c([2H])c2c(-c3ccccc3)c3c([2H])c(-c4cccc5ccccc45)c([2H])c([2H])c3c(-c3cccc(-c4cccc5ccccc45)c3)c2c1[2H]. The Balaban J connectivity index is 1.51. The van der Waals surface area contributed by atoms with Crippen LogP contribution in [-0.2, 0) is 0 Å². The van der Waals surface area contributed by atoms with E-state index in [2.05, 4.69) is 24.3 Å². The molecule has 0 N–H and O–H groups in total.